The van der Waals surface area contributed by atoms with E-state index >= 15 is 0 Å². The van der Waals surface area contributed by atoms with Crippen molar-refractivity contribution < 1.29 is 0 Å². The molecule has 0 rings (SSSR count). The lowest BCUT2D eigenvalue weighted by atomic mass is 10.1. The van der Waals surface area contributed by atoms with E-state index in [1.807, 2.05) is 0 Å². The summed E-state index contributed by atoms with van der Waals surface area (Å²) in [4.78, 5) is 0. The van der Waals surface area contributed by atoms with Crippen molar-refractivity contribution in [2.75, 3.05) is 0 Å². The monoisotopic (exact) mass is 144 g/mol. The summed E-state index contributed by atoms with van der Waals surface area (Å²) >= 11 is -0.297. The van der Waals surface area contributed by atoms with Gasteiger partial charge in [0.2, 0.25) is 0 Å². The summed E-state index contributed by atoms with van der Waals surface area (Å²) in [5.41, 5.74) is 0. The molecule has 0 aliphatic carbocycles. The maximum atomic E-state index is 5.81. The molecule has 0 amide bonds. The van der Waals surface area contributed by atoms with Gasteiger partial charge in [0.15, 0.2) is 0 Å². The Kier molecular flexibility index (Phi) is 4.49. The summed E-state index contributed by atoms with van der Waals surface area (Å²) in [6.45, 7) is 6.73. The van der Waals surface area contributed by atoms with E-state index in [1.54, 1.807) is 0 Å². The van der Waals surface area contributed by atoms with Crippen LogP contribution in [0.25, 0.3) is 0 Å². The van der Waals surface area contributed by atoms with Gasteiger partial charge in [0.05, 0.1) is 0 Å². The number of hydrogen-bond donors (Lipinski definition) is 0. The maximum Gasteiger partial charge on any atom is 0.507 e. The fourth-order valence-corrected chi connectivity index (χ4v) is 1.63. The second-order valence-electron chi connectivity index (χ2n) is 3.05. The molecular weight excluding hydrogens is 132 g/mol. The average molecular weight is 145 g/mol. The topological polar surface area (TPSA) is 0 Å². The highest BCUT2D eigenvalue weighted by Crippen LogP contribution is 2.29. The third-order valence-electron chi connectivity index (χ3n) is 1.29. The summed E-state index contributed by atoms with van der Waals surface area (Å²) in [7, 11) is 5.81. The number of rotatable bonds is 3. The van der Waals surface area contributed by atoms with Crippen molar-refractivity contribution in [1.29, 1.82) is 0 Å². The van der Waals surface area contributed by atoms with Crippen LogP contribution >= 0.6 is 9.07 Å². The van der Waals surface area contributed by atoms with Gasteiger partial charge in [-0.2, -0.15) is 0 Å². The van der Waals surface area contributed by atoms with Gasteiger partial charge >= 0.3 is 19.3 Å². The molecule has 0 heterocycles. The highest BCUT2D eigenvalue weighted by Gasteiger charge is 2.17. The van der Waals surface area contributed by atoms with Crippen LogP contribution in [-0.4, -0.2) is 19.3 Å². The Morgan fingerprint density at radius 2 is 2.00 bits per heavy atom. The van der Waals surface area contributed by atoms with E-state index in [9.17, 15) is 0 Å². The van der Waals surface area contributed by atoms with E-state index in [1.165, 1.54) is 12.8 Å². The Balaban J connectivity index is 3.37. The van der Waals surface area contributed by atoms with Crippen molar-refractivity contribution in [2.45, 2.75) is 37.2 Å². The highest BCUT2D eigenvalue weighted by molar-refractivity contribution is 6.95. The minimum Gasteiger partial charge on any atom is -0.345 e. The van der Waals surface area contributed by atoms with Crippen LogP contribution in [0.15, 0.2) is 0 Å². The molecule has 0 radical (unpaired) electrons. The molecule has 0 aromatic carbocycles. The minimum absolute atomic E-state index is 0.297. The van der Waals surface area contributed by atoms with Gasteiger partial charge in [-0.15, -0.1) is 3.54 Å². The zero-order valence-corrected chi connectivity index (χ0v) is 8.17. The molecule has 8 heavy (non-hydrogen) atoms. The van der Waals surface area contributed by atoms with Gasteiger partial charge in [-0.3, -0.25) is 0 Å². The normalized spacial score (nSPS) is 11.0. The first-order chi connectivity index (χ1) is 3.62. The first kappa shape index (κ1) is 9.06. The van der Waals surface area contributed by atoms with Crippen molar-refractivity contribution in [1.82, 2.24) is 0 Å². The predicted molar refractivity (Wildman–Crippen MR) is 40.6 cm³/mol. The second-order valence-corrected chi connectivity index (χ2v) is 6.03. The van der Waals surface area contributed by atoms with Gasteiger partial charge in [-0.25, -0.2) is 0 Å². The highest BCUT2D eigenvalue weighted by atomic mass is 35.5. The molecule has 0 fully saturated rings. The van der Waals surface area contributed by atoms with Gasteiger partial charge < -0.3 is 9.07 Å². The SMILES string of the molecule is CCC[C](C)(C)[Mg][Cl]. The molecule has 0 bridgehead atoms. The number of halogens is 1. The largest absolute Gasteiger partial charge is 0.507 e. The third-order valence-corrected chi connectivity index (χ3v) is 4.54. The minimum atomic E-state index is -0.297. The number of hydrogen-bond acceptors (Lipinski definition) is 0. The zero-order chi connectivity index (χ0) is 6.62. The van der Waals surface area contributed by atoms with E-state index in [0.717, 1.165) is 0 Å². The molecule has 2 heteroatoms. The van der Waals surface area contributed by atoms with Crippen molar-refractivity contribution >= 4 is 28.3 Å². The Labute approximate surface area is 65.5 Å². The lowest BCUT2D eigenvalue weighted by Crippen LogP contribution is -2.06. The van der Waals surface area contributed by atoms with Crippen LogP contribution in [-0.2, 0) is 0 Å². The van der Waals surface area contributed by atoms with Crippen LogP contribution in [0.5, 0.6) is 0 Å². The van der Waals surface area contributed by atoms with Crippen LogP contribution in [0, 0.1) is 0 Å². The lowest BCUT2D eigenvalue weighted by molar-refractivity contribution is 0.598. The van der Waals surface area contributed by atoms with Gasteiger partial charge in [0.25, 0.3) is 0 Å². The molecule has 0 aromatic rings. The van der Waals surface area contributed by atoms with Crippen LogP contribution in [0.4, 0.5) is 0 Å². The van der Waals surface area contributed by atoms with Crippen molar-refractivity contribution in [3.05, 3.63) is 0 Å². The van der Waals surface area contributed by atoms with Gasteiger partial charge in [-0.05, 0) is 0 Å². The smallest absolute Gasteiger partial charge is 0.345 e. The summed E-state index contributed by atoms with van der Waals surface area (Å²) in [5.74, 6) is 0. The van der Waals surface area contributed by atoms with Crippen molar-refractivity contribution in [2.24, 2.45) is 0 Å². The van der Waals surface area contributed by atoms with E-state index in [2.05, 4.69) is 20.8 Å². The molecule has 46 valence electrons. The molecule has 0 aliphatic rings. The van der Waals surface area contributed by atoms with Gasteiger partial charge in [0.1, 0.15) is 0 Å². The van der Waals surface area contributed by atoms with Gasteiger partial charge in [0, 0.05) is 0 Å². The van der Waals surface area contributed by atoms with Crippen LogP contribution in [0.2, 0.25) is 3.54 Å². The zero-order valence-electron chi connectivity index (χ0n) is 6.00. The molecule has 0 atom stereocenters. The summed E-state index contributed by atoms with van der Waals surface area (Å²) in [5, 5.41) is 0. The standard InChI is InChI=1S/C6H13.ClH.Mg/c1-4-5-6(2)3;;/h4-5H2,1-3H3;1H;/q;;+1/p-1. The quantitative estimate of drug-likeness (QED) is 0.535. The van der Waals surface area contributed by atoms with E-state index < -0.39 is 0 Å². The van der Waals surface area contributed by atoms with Crippen LogP contribution in [0.3, 0.4) is 0 Å². The molecule has 0 unspecified atom stereocenters. The molecular formula is C6H13ClMg. The molecule has 0 saturated heterocycles. The van der Waals surface area contributed by atoms with E-state index in [4.69, 9.17) is 9.07 Å². The first-order valence-corrected chi connectivity index (χ1v) is 6.03. The first-order valence-electron chi connectivity index (χ1n) is 3.18. The predicted octanol–water partition coefficient (Wildman–Crippen LogP) is 2.84. The summed E-state index contributed by atoms with van der Waals surface area (Å²) < 4.78 is 0.496. The Bertz CT molecular complexity index is 61.5. The molecule has 0 aromatic heterocycles. The molecule has 0 saturated carbocycles. The van der Waals surface area contributed by atoms with E-state index in [0.29, 0.717) is 3.54 Å². The molecule has 0 aliphatic heterocycles. The van der Waals surface area contributed by atoms with E-state index in [-0.39, 0.29) is 19.3 Å². The Hall–Kier alpha value is 1.06. The average Bonchev–Trinajstić information content (AvgIpc) is 1.67. The van der Waals surface area contributed by atoms with Crippen LogP contribution in [0.1, 0.15) is 33.6 Å². The summed E-state index contributed by atoms with van der Waals surface area (Å²) in [6, 6.07) is 0. The molecule has 0 spiro atoms. The maximum absolute atomic E-state index is 5.81. The second kappa shape index (κ2) is 3.97. The van der Waals surface area contributed by atoms with Crippen molar-refractivity contribution in [3.8, 4) is 0 Å². The van der Waals surface area contributed by atoms with Crippen molar-refractivity contribution in [3.63, 3.8) is 0 Å². The Morgan fingerprint density at radius 3 is 2.12 bits per heavy atom. The fraction of sp³-hybridized carbons (Fsp3) is 1.00. The molecule has 0 N–H and O–H groups in total. The summed E-state index contributed by atoms with van der Waals surface area (Å²) in [6.07, 6.45) is 2.56. The Morgan fingerprint density at radius 1 is 1.50 bits per heavy atom. The van der Waals surface area contributed by atoms with Crippen LogP contribution < -0.4 is 0 Å². The van der Waals surface area contributed by atoms with Gasteiger partial charge in [-0.1, -0.05) is 33.6 Å². The molecule has 0 nitrogen and oxygen atoms in total. The lowest BCUT2D eigenvalue weighted by Gasteiger charge is -2.18. The third kappa shape index (κ3) is 3.99. The fourth-order valence-electron chi connectivity index (χ4n) is 0.744.